The lowest BCUT2D eigenvalue weighted by atomic mass is 10.0. The minimum atomic E-state index is -0.278. The maximum Gasteiger partial charge on any atom is 0.291 e. The number of thiophene rings is 1. The van der Waals surface area contributed by atoms with Gasteiger partial charge in [0.25, 0.3) is 11.7 Å². The van der Waals surface area contributed by atoms with Gasteiger partial charge in [0.05, 0.1) is 6.04 Å². The first-order valence-corrected chi connectivity index (χ1v) is 8.39. The third-order valence-electron chi connectivity index (χ3n) is 3.62. The van der Waals surface area contributed by atoms with Crippen LogP contribution in [0.2, 0.25) is 0 Å². The van der Waals surface area contributed by atoms with E-state index in [1.165, 1.54) is 0 Å². The van der Waals surface area contributed by atoms with E-state index in [-0.39, 0.29) is 23.7 Å². The molecule has 3 heterocycles. The van der Waals surface area contributed by atoms with Crippen molar-refractivity contribution in [2.24, 2.45) is 5.92 Å². The largest absolute Gasteiger partial charge is 0.341 e. The zero-order chi connectivity index (χ0) is 16.6. The van der Waals surface area contributed by atoms with E-state index < -0.39 is 0 Å². The van der Waals surface area contributed by atoms with Crippen LogP contribution in [0.15, 0.2) is 23.6 Å². The summed E-state index contributed by atoms with van der Waals surface area (Å²) in [7, 11) is 0. The van der Waals surface area contributed by atoms with E-state index in [0.717, 1.165) is 16.3 Å². The highest BCUT2D eigenvalue weighted by Gasteiger charge is 2.23. The van der Waals surface area contributed by atoms with Crippen molar-refractivity contribution in [1.29, 1.82) is 0 Å². The van der Waals surface area contributed by atoms with E-state index >= 15 is 0 Å². The number of hydrogen-bond donors (Lipinski definition) is 1. The van der Waals surface area contributed by atoms with Crippen molar-refractivity contribution in [1.82, 2.24) is 24.9 Å². The van der Waals surface area contributed by atoms with E-state index in [2.05, 4.69) is 34.2 Å². The van der Waals surface area contributed by atoms with Gasteiger partial charge in [0, 0.05) is 16.3 Å². The van der Waals surface area contributed by atoms with E-state index in [4.69, 9.17) is 0 Å². The van der Waals surface area contributed by atoms with Gasteiger partial charge in [0.15, 0.2) is 0 Å². The van der Waals surface area contributed by atoms with Crippen molar-refractivity contribution in [2.45, 2.75) is 33.7 Å². The highest BCUT2D eigenvalue weighted by molar-refractivity contribution is 7.10. The molecule has 0 aliphatic rings. The van der Waals surface area contributed by atoms with Gasteiger partial charge >= 0.3 is 0 Å². The molecule has 0 aliphatic carbocycles. The van der Waals surface area contributed by atoms with Crippen LogP contribution in [0.25, 0.3) is 5.78 Å². The number of aryl methyl sites for hydroxylation is 2. The van der Waals surface area contributed by atoms with Crippen molar-refractivity contribution < 1.29 is 4.79 Å². The van der Waals surface area contributed by atoms with Crippen molar-refractivity contribution in [3.63, 3.8) is 0 Å². The Bertz CT molecular complexity index is 838. The molecule has 1 atom stereocenters. The molecule has 0 radical (unpaired) electrons. The molecule has 0 spiro atoms. The zero-order valence-electron chi connectivity index (χ0n) is 13.6. The predicted molar refractivity (Wildman–Crippen MR) is 89.6 cm³/mol. The van der Waals surface area contributed by atoms with Gasteiger partial charge in [0.1, 0.15) is 0 Å². The third kappa shape index (κ3) is 3.10. The number of fused-ring (bicyclic) bond motifs is 1. The maximum atomic E-state index is 12.5. The van der Waals surface area contributed by atoms with Crippen molar-refractivity contribution in [2.75, 3.05) is 0 Å². The highest BCUT2D eigenvalue weighted by atomic mass is 32.1. The lowest BCUT2D eigenvalue weighted by molar-refractivity contribution is 0.0916. The molecule has 3 rings (SSSR count). The summed E-state index contributed by atoms with van der Waals surface area (Å²) < 4.78 is 1.59. The quantitative estimate of drug-likeness (QED) is 0.799. The molecule has 0 aliphatic heterocycles. The fourth-order valence-corrected chi connectivity index (χ4v) is 3.45. The Balaban J connectivity index is 1.89. The van der Waals surface area contributed by atoms with Gasteiger partial charge in [-0.25, -0.2) is 9.50 Å². The number of amides is 1. The average Bonchev–Trinajstić information content (AvgIpc) is 3.12. The average molecular weight is 329 g/mol. The zero-order valence-corrected chi connectivity index (χ0v) is 14.4. The summed E-state index contributed by atoms with van der Waals surface area (Å²) in [6.07, 6.45) is 0. The van der Waals surface area contributed by atoms with Gasteiger partial charge in [-0.15, -0.1) is 16.4 Å². The number of carbonyl (C=O) groups is 1. The molecular weight excluding hydrogens is 310 g/mol. The predicted octanol–water partition coefficient (Wildman–Crippen LogP) is 2.93. The lowest BCUT2D eigenvalue weighted by Gasteiger charge is -2.20. The van der Waals surface area contributed by atoms with Crippen LogP contribution in [0.1, 0.15) is 46.8 Å². The number of nitrogens with zero attached hydrogens (tertiary/aromatic N) is 4. The molecule has 3 aromatic rings. The molecule has 23 heavy (non-hydrogen) atoms. The highest BCUT2D eigenvalue weighted by Crippen LogP contribution is 2.26. The standard InChI is InChI=1S/C16H19N5OS/c1-9(2)13(12-6-5-7-23-12)18-15(22)14-19-16-17-10(3)8-11(4)21(16)20-14/h5-9,13H,1-4H3,(H,18,22). The summed E-state index contributed by atoms with van der Waals surface area (Å²) in [4.78, 5) is 22.3. The SMILES string of the molecule is Cc1cc(C)n2nc(C(=O)NC(c3cccs3)C(C)C)nc2n1. The summed E-state index contributed by atoms with van der Waals surface area (Å²) >= 11 is 1.63. The van der Waals surface area contributed by atoms with Crippen LogP contribution >= 0.6 is 11.3 Å². The monoisotopic (exact) mass is 329 g/mol. The summed E-state index contributed by atoms with van der Waals surface area (Å²) in [6.45, 7) is 7.97. The van der Waals surface area contributed by atoms with Crippen LogP contribution in [0.5, 0.6) is 0 Å². The molecule has 0 saturated carbocycles. The molecule has 0 bridgehead atoms. The van der Waals surface area contributed by atoms with Gasteiger partial charge in [0.2, 0.25) is 5.82 Å². The van der Waals surface area contributed by atoms with Crippen molar-refractivity contribution in [3.8, 4) is 0 Å². The van der Waals surface area contributed by atoms with Crippen molar-refractivity contribution >= 4 is 23.0 Å². The van der Waals surface area contributed by atoms with Crippen LogP contribution in [0.3, 0.4) is 0 Å². The number of hydrogen-bond acceptors (Lipinski definition) is 5. The fourth-order valence-electron chi connectivity index (χ4n) is 2.50. The van der Waals surface area contributed by atoms with Gasteiger partial charge in [-0.1, -0.05) is 19.9 Å². The number of rotatable bonds is 4. The summed E-state index contributed by atoms with van der Waals surface area (Å²) in [5.74, 6) is 0.592. The van der Waals surface area contributed by atoms with Crippen LogP contribution in [-0.2, 0) is 0 Å². The summed E-state index contributed by atoms with van der Waals surface area (Å²) in [6, 6.07) is 5.87. The fraction of sp³-hybridized carbons (Fsp3) is 0.375. The van der Waals surface area contributed by atoms with Gasteiger partial charge in [-0.05, 0) is 37.3 Å². The van der Waals surface area contributed by atoms with E-state index in [9.17, 15) is 4.79 Å². The number of carbonyl (C=O) groups excluding carboxylic acids is 1. The van der Waals surface area contributed by atoms with Gasteiger partial charge < -0.3 is 5.32 Å². The lowest BCUT2D eigenvalue weighted by Crippen LogP contribution is -2.32. The number of aromatic nitrogens is 4. The first kappa shape index (κ1) is 15.6. The minimum Gasteiger partial charge on any atom is -0.341 e. The Hall–Kier alpha value is -2.28. The Morgan fingerprint density at radius 3 is 2.74 bits per heavy atom. The molecule has 120 valence electrons. The molecule has 0 saturated heterocycles. The Kier molecular flexibility index (Phi) is 4.12. The molecule has 1 unspecified atom stereocenters. The summed E-state index contributed by atoms with van der Waals surface area (Å²) in [5.41, 5.74) is 1.76. The second-order valence-electron chi connectivity index (χ2n) is 5.90. The maximum absolute atomic E-state index is 12.5. The van der Waals surface area contributed by atoms with E-state index in [1.54, 1.807) is 15.9 Å². The van der Waals surface area contributed by atoms with Crippen LogP contribution in [0, 0.1) is 19.8 Å². The van der Waals surface area contributed by atoms with Crippen LogP contribution in [-0.4, -0.2) is 25.5 Å². The van der Waals surface area contributed by atoms with Crippen molar-refractivity contribution in [3.05, 3.63) is 45.7 Å². The Morgan fingerprint density at radius 2 is 2.09 bits per heavy atom. The topological polar surface area (TPSA) is 72.2 Å². The van der Waals surface area contributed by atoms with E-state index in [1.807, 2.05) is 37.4 Å². The molecule has 3 aromatic heterocycles. The summed E-state index contributed by atoms with van der Waals surface area (Å²) in [5, 5.41) is 9.33. The first-order valence-electron chi connectivity index (χ1n) is 7.51. The minimum absolute atomic E-state index is 0.0510. The van der Waals surface area contributed by atoms with Crippen LogP contribution in [0.4, 0.5) is 0 Å². The second-order valence-corrected chi connectivity index (χ2v) is 6.88. The Morgan fingerprint density at radius 1 is 1.30 bits per heavy atom. The Labute approximate surface area is 138 Å². The molecule has 0 aromatic carbocycles. The molecule has 7 heteroatoms. The molecular formula is C16H19N5OS. The second kappa shape index (κ2) is 6.08. The molecule has 1 N–H and O–H groups in total. The normalized spacial score (nSPS) is 12.7. The molecule has 1 amide bonds. The van der Waals surface area contributed by atoms with Gasteiger partial charge in [-0.2, -0.15) is 4.98 Å². The smallest absolute Gasteiger partial charge is 0.291 e. The van der Waals surface area contributed by atoms with Gasteiger partial charge in [-0.3, -0.25) is 4.79 Å². The molecule has 6 nitrogen and oxygen atoms in total. The molecule has 0 fully saturated rings. The third-order valence-corrected chi connectivity index (χ3v) is 4.58. The number of nitrogens with one attached hydrogen (secondary N) is 1. The van der Waals surface area contributed by atoms with Crippen LogP contribution < -0.4 is 5.32 Å². The first-order chi connectivity index (χ1) is 11.0. The van der Waals surface area contributed by atoms with E-state index in [0.29, 0.717) is 5.78 Å².